The summed E-state index contributed by atoms with van der Waals surface area (Å²) in [4.78, 5) is 20.8. The van der Waals surface area contributed by atoms with E-state index in [4.69, 9.17) is 11.6 Å². The van der Waals surface area contributed by atoms with Gasteiger partial charge < -0.3 is 5.32 Å². The van der Waals surface area contributed by atoms with Gasteiger partial charge in [0.05, 0.1) is 23.3 Å². The Morgan fingerprint density at radius 3 is 2.75 bits per heavy atom. The lowest BCUT2D eigenvalue weighted by atomic mass is 10.1. The standard InChI is InChI=1S/C22H21ClN4O3S2/c1-27-18-10-9-16(23)12-17(18)21-19(32(27,29)30)13-25-22(26-21)31-14-20(28)24-11-5-8-15-6-3-2-4-7-15/h2-4,6-7,9-10,12-13H,5,8,11,14H2,1H3,(H,24,28). The topological polar surface area (TPSA) is 92.3 Å². The van der Waals surface area contributed by atoms with Crippen LogP contribution in [0.4, 0.5) is 5.69 Å². The Balaban J connectivity index is 1.41. The lowest BCUT2D eigenvalue weighted by Gasteiger charge is -2.28. The first-order chi connectivity index (χ1) is 15.4. The minimum Gasteiger partial charge on any atom is -0.355 e. The number of aryl methyl sites for hydroxylation is 1. The fourth-order valence-electron chi connectivity index (χ4n) is 3.40. The van der Waals surface area contributed by atoms with E-state index < -0.39 is 10.0 Å². The predicted molar refractivity (Wildman–Crippen MR) is 127 cm³/mol. The molecule has 32 heavy (non-hydrogen) atoms. The molecule has 2 aromatic carbocycles. The zero-order valence-corrected chi connectivity index (χ0v) is 19.7. The SMILES string of the molecule is CN1c2ccc(Cl)cc2-c2nc(SCC(=O)NCCCc3ccccc3)ncc2S1(=O)=O. The van der Waals surface area contributed by atoms with Crippen LogP contribution in [0.5, 0.6) is 0 Å². The molecule has 0 radical (unpaired) electrons. The summed E-state index contributed by atoms with van der Waals surface area (Å²) in [5, 5.41) is 3.70. The first kappa shape index (κ1) is 22.6. The van der Waals surface area contributed by atoms with Crippen LogP contribution in [0.2, 0.25) is 5.02 Å². The summed E-state index contributed by atoms with van der Waals surface area (Å²) < 4.78 is 26.8. The first-order valence-corrected chi connectivity index (χ1v) is 12.8. The van der Waals surface area contributed by atoms with Crippen molar-refractivity contribution in [2.75, 3.05) is 23.7 Å². The summed E-state index contributed by atoms with van der Waals surface area (Å²) in [7, 11) is -2.27. The molecule has 7 nitrogen and oxygen atoms in total. The van der Waals surface area contributed by atoms with Crippen molar-refractivity contribution in [2.24, 2.45) is 0 Å². The van der Waals surface area contributed by atoms with Crippen molar-refractivity contribution in [3.05, 3.63) is 65.3 Å². The number of hydrogen-bond donors (Lipinski definition) is 1. The van der Waals surface area contributed by atoms with E-state index in [1.807, 2.05) is 18.2 Å². The molecule has 2 heterocycles. The third-order valence-corrected chi connectivity index (χ3v) is 7.93. The van der Waals surface area contributed by atoms with Crippen LogP contribution in [0.3, 0.4) is 0 Å². The molecule has 0 spiro atoms. The highest BCUT2D eigenvalue weighted by Gasteiger charge is 2.34. The fourth-order valence-corrected chi connectivity index (χ4v) is 5.52. The lowest BCUT2D eigenvalue weighted by molar-refractivity contribution is -0.118. The maximum absolute atomic E-state index is 12.8. The highest BCUT2D eigenvalue weighted by molar-refractivity contribution is 7.99. The van der Waals surface area contributed by atoms with Crippen LogP contribution in [0.15, 0.2) is 64.8 Å². The van der Waals surface area contributed by atoms with E-state index in [-0.39, 0.29) is 16.6 Å². The smallest absolute Gasteiger partial charge is 0.267 e. The van der Waals surface area contributed by atoms with Gasteiger partial charge >= 0.3 is 0 Å². The van der Waals surface area contributed by atoms with Gasteiger partial charge in [-0.3, -0.25) is 9.10 Å². The molecule has 0 atom stereocenters. The van der Waals surface area contributed by atoms with Gasteiger partial charge in [0.15, 0.2) is 5.16 Å². The van der Waals surface area contributed by atoms with Crippen LogP contribution in [-0.2, 0) is 21.2 Å². The molecule has 10 heteroatoms. The monoisotopic (exact) mass is 488 g/mol. The van der Waals surface area contributed by atoms with Gasteiger partial charge in [0.2, 0.25) is 5.91 Å². The number of hydrogen-bond acceptors (Lipinski definition) is 6. The number of nitrogens with one attached hydrogen (secondary N) is 1. The van der Waals surface area contributed by atoms with Crippen molar-refractivity contribution in [1.82, 2.24) is 15.3 Å². The first-order valence-electron chi connectivity index (χ1n) is 9.95. The number of nitrogens with zero attached hydrogens (tertiary/aromatic N) is 3. The highest BCUT2D eigenvalue weighted by Crippen LogP contribution is 2.42. The van der Waals surface area contributed by atoms with Crippen LogP contribution in [0, 0.1) is 0 Å². The summed E-state index contributed by atoms with van der Waals surface area (Å²) in [6.45, 7) is 0.579. The molecule has 4 rings (SSSR count). The van der Waals surface area contributed by atoms with Gasteiger partial charge in [-0.15, -0.1) is 0 Å². The van der Waals surface area contributed by atoms with Gasteiger partial charge in [-0.2, -0.15) is 0 Å². The van der Waals surface area contributed by atoms with Gasteiger partial charge in [-0.05, 0) is 36.6 Å². The molecule has 3 aromatic rings. The Labute approximate surface area is 196 Å². The Bertz CT molecular complexity index is 1250. The number of carbonyl (C=O) groups excluding carboxylic acids is 1. The van der Waals surface area contributed by atoms with E-state index in [1.165, 1.54) is 23.1 Å². The van der Waals surface area contributed by atoms with Gasteiger partial charge in [0, 0.05) is 24.2 Å². The van der Waals surface area contributed by atoms with Crippen molar-refractivity contribution in [3.63, 3.8) is 0 Å². The number of fused-ring (bicyclic) bond motifs is 3. The van der Waals surface area contributed by atoms with Crippen molar-refractivity contribution >= 4 is 45.0 Å². The number of rotatable bonds is 7. The summed E-state index contributed by atoms with van der Waals surface area (Å²) in [6.07, 6.45) is 3.03. The third-order valence-electron chi connectivity index (χ3n) is 5.06. The predicted octanol–water partition coefficient (Wildman–Crippen LogP) is 3.78. The molecule has 1 amide bonds. The quantitative estimate of drug-likeness (QED) is 0.309. The number of carbonyl (C=O) groups is 1. The van der Waals surface area contributed by atoms with E-state index >= 15 is 0 Å². The largest absolute Gasteiger partial charge is 0.355 e. The van der Waals surface area contributed by atoms with Gasteiger partial charge in [0.1, 0.15) is 4.90 Å². The van der Waals surface area contributed by atoms with E-state index in [2.05, 4.69) is 27.4 Å². The molecule has 0 unspecified atom stereocenters. The van der Waals surface area contributed by atoms with E-state index in [0.29, 0.717) is 33.7 Å². The Kier molecular flexibility index (Phi) is 6.68. The van der Waals surface area contributed by atoms with E-state index in [0.717, 1.165) is 24.6 Å². The maximum atomic E-state index is 12.8. The van der Waals surface area contributed by atoms with E-state index in [1.54, 1.807) is 18.2 Å². The molecule has 1 aliphatic heterocycles. The molecule has 0 fully saturated rings. The average Bonchev–Trinajstić information content (AvgIpc) is 2.80. The molecule has 1 aliphatic rings. The average molecular weight is 489 g/mol. The molecular formula is C22H21ClN4O3S2. The zero-order valence-electron chi connectivity index (χ0n) is 17.3. The number of thioether (sulfide) groups is 1. The molecule has 0 saturated heterocycles. The normalized spacial score (nSPS) is 13.9. The summed E-state index contributed by atoms with van der Waals surface area (Å²) >= 11 is 7.29. The fraction of sp³-hybridized carbons (Fsp3) is 0.227. The van der Waals surface area contributed by atoms with Crippen molar-refractivity contribution < 1.29 is 13.2 Å². The van der Waals surface area contributed by atoms with Crippen molar-refractivity contribution in [2.45, 2.75) is 22.9 Å². The van der Waals surface area contributed by atoms with Crippen LogP contribution >= 0.6 is 23.4 Å². The molecule has 1 aromatic heterocycles. The van der Waals surface area contributed by atoms with Gasteiger partial charge in [0.25, 0.3) is 10.0 Å². The maximum Gasteiger partial charge on any atom is 0.267 e. The van der Waals surface area contributed by atoms with Gasteiger partial charge in [-0.1, -0.05) is 53.7 Å². The van der Waals surface area contributed by atoms with E-state index in [9.17, 15) is 13.2 Å². The molecule has 1 N–H and O–H groups in total. The van der Waals surface area contributed by atoms with Crippen LogP contribution in [0.25, 0.3) is 11.3 Å². The lowest BCUT2D eigenvalue weighted by Crippen LogP contribution is -2.31. The number of benzene rings is 2. The van der Waals surface area contributed by atoms with Crippen LogP contribution in [-0.4, -0.2) is 43.6 Å². The summed E-state index contributed by atoms with van der Waals surface area (Å²) in [5.41, 5.74) is 2.63. The molecular weight excluding hydrogens is 468 g/mol. The minimum atomic E-state index is -3.76. The van der Waals surface area contributed by atoms with Gasteiger partial charge in [-0.25, -0.2) is 18.4 Å². The Hall–Kier alpha value is -2.62. The number of sulfonamides is 1. The number of aromatic nitrogens is 2. The van der Waals surface area contributed by atoms with Crippen molar-refractivity contribution in [3.8, 4) is 11.3 Å². The van der Waals surface area contributed by atoms with Crippen LogP contribution < -0.4 is 9.62 Å². The number of halogens is 1. The molecule has 166 valence electrons. The zero-order chi connectivity index (χ0) is 22.7. The second kappa shape index (κ2) is 9.48. The number of amides is 1. The summed E-state index contributed by atoms with van der Waals surface area (Å²) in [6, 6.07) is 15.1. The minimum absolute atomic E-state index is 0.0180. The number of anilines is 1. The summed E-state index contributed by atoms with van der Waals surface area (Å²) in [5.74, 6) is 0.0132. The molecule has 0 bridgehead atoms. The second-order valence-electron chi connectivity index (χ2n) is 7.23. The third kappa shape index (κ3) is 4.74. The van der Waals surface area contributed by atoms with Crippen LogP contribution in [0.1, 0.15) is 12.0 Å². The Morgan fingerprint density at radius 2 is 1.97 bits per heavy atom. The second-order valence-corrected chi connectivity index (χ2v) is 10.5. The Morgan fingerprint density at radius 1 is 1.19 bits per heavy atom. The highest BCUT2D eigenvalue weighted by atomic mass is 35.5. The molecule has 0 aliphatic carbocycles. The molecule has 0 saturated carbocycles. The van der Waals surface area contributed by atoms with Crippen molar-refractivity contribution in [1.29, 1.82) is 0 Å².